The highest BCUT2D eigenvalue weighted by molar-refractivity contribution is 5.51. The first-order valence-electron chi connectivity index (χ1n) is 6.74. The van der Waals surface area contributed by atoms with Crippen LogP contribution in [0, 0.1) is 0 Å². The average molecular weight is 271 g/mol. The van der Waals surface area contributed by atoms with E-state index in [1.54, 1.807) is 6.08 Å². The third-order valence-electron chi connectivity index (χ3n) is 3.00. The Morgan fingerprint density at radius 1 is 1.19 bits per heavy atom. The zero-order valence-corrected chi connectivity index (χ0v) is 11.9. The van der Waals surface area contributed by atoms with Crippen LogP contribution in [0.2, 0.25) is 0 Å². The highest BCUT2D eigenvalue weighted by atomic mass is 14.8. The Bertz CT molecular complexity index is 729. The monoisotopic (exact) mass is 271 g/mol. The molecule has 2 aliphatic carbocycles. The lowest BCUT2D eigenvalue weighted by atomic mass is 10.1. The van der Waals surface area contributed by atoms with Gasteiger partial charge in [0.05, 0.1) is 0 Å². The fourth-order valence-corrected chi connectivity index (χ4v) is 1.95. The maximum atomic E-state index is 3.74. The van der Waals surface area contributed by atoms with Crippen molar-refractivity contribution in [1.29, 1.82) is 0 Å². The summed E-state index contributed by atoms with van der Waals surface area (Å²) in [5.74, 6) is 0. The van der Waals surface area contributed by atoms with Gasteiger partial charge in [-0.3, -0.25) is 0 Å². The van der Waals surface area contributed by atoms with Crippen molar-refractivity contribution in [3.05, 3.63) is 114 Å². The molecule has 102 valence electrons. The normalized spacial score (nSPS) is 15.3. The molecule has 0 saturated carbocycles. The predicted molar refractivity (Wildman–Crippen MR) is 89.5 cm³/mol. The lowest BCUT2D eigenvalue weighted by Gasteiger charge is -2.04. The molecule has 0 heterocycles. The summed E-state index contributed by atoms with van der Waals surface area (Å²) in [5, 5.41) is 3.25. The van der Waals surface area contributed by atoms with Gasteiger partial charge in [0.1, 0.15) is 0 Å². The summed E-state index contributed by atoms with van der Waals surface area (Å²) in [6.07, 6.45) is 19.4. The number of rotatable bonds is 7. The molecule has 0 aromatic carbocycles. The minimum Gasteiger partial charge on any atom is -0.386 e. The van der Waals surface area contributed by atoms with Crippen molar-refractivity contribution >= 4 is 0 Å². The molecule has 0 radical (unpaired) electrons. The second kappa shape index (κ2) is 7.60. The van der Waals surface area contributed by atoms with E-state index in [2.05, 4.69) is 35.7 Å². The van der Waals surface area contributed by atoms with Crippen LogP contribution >= 0.6 is 0 Å². The molecule has 0 unspecified atom stereocenters. The van der Waals surface area contributed by atoms with Crippen LogP contribution in [0.5, 0.6) is 0 Å². The number of hydrogen-bond acceptors (Lipinski definition) is 1. The Balaban J connectivity index is 1.97. The van der Waals surface area contributed by atoms with Crippen LogP contribution in [0.25, 0.3) is 0 Å². The van der Waals surface area contributed by atoms with Gasteiger partial charge in [0, 0.05) is 23.3 Å². The summed E-state index contributed by atoms with van der Waals surface area (Å²) < 4.78 is 0. The molecule has 1 nitrogen and oxygen atoms in total. The van der Waals surface area contributed by atoms with Crippen LogP contribution in [0.3, 0.4) is 0 Å². The molecule has 0 amide bonds. The van der Waals surface area contributed by atoms with E-state index in [1.807, 2.05) is 54.8 Å². The fraction of sp³-hybridized carbons (Fsp3) is 0.0500. The van der Waals surface area contributed by atoms with Gasteiger partial charge in [-0.15, -0.1) is 17.2 Å². The highest BCUT2D eigenvalue weighted by Gasteiger charge is 2.02. The van der Waals surface area contributed by atoms with Crippen LogP contribution < -0.4 is 5.32 Å². The molecular weight excluding hydrogens is 254 g/mol. The first-order valence-corrected chi connectivity index (χ1v) is 6.74. The van der Waals surface area contributed by atoms with Crippen LogP contribution in [-0.4, -0.2) is 6.54 Å². The smallest absolute Gasteiger partial charge is 0.0480 e. The van der Waals surface area contributed by atoms with Crippen molar-refractivity contribution in [3.8, 4) is 0 Å². The molecule has 0 spiro atoms. The Kier molecular flexibility index (Phi) is 5.24. The van der Waals surface area contributed by atoms with E-state index in [9.17, 15) is 0 Å². The zero-order chi connectivity index (χ0) is 14.9. The third kappa shape index (κ3) is 4.01. The van der Waals surface area contributed by atoms with E-state index in [1.165, 1.54) is 0 Å². The summed E-state index contributed by atoms with van der Waals surface area (Å²) in [7, 11) is 0. The largest absolute Gasteiger partial charge is 0.386 e. The Morgan fingerprint density at radius 2 is 1.90 bits per heavy atom. The SMILES string of the molecule is C=C=C(CN/C=C\C(=C/C=C)C1=C=CC=C1)C1=C=CC=C1. The topological polar surface area (TPSA) is 12.0 Å². The number of hydrogen-bond donors (Lipinski definition) is 1. The lowest BCUT2D eigenvalue weighted by Crippen LogP contribution is -2.10. The molecule has 0 fully saturated rings. The van der Waals surface area contributed by atoms with E-state index in [0.717, 1.165) is 22.3 Å². The average Bonchev–Trinajstić information content (AvgIpc) is 3.19. The Labute approximate surface area is 126 Å². The van der Waals surface area contributed by atoms with E-state index < -0.39 is 0 Å². The van der Waals surface area contributed by atoms with Crippen molar-refractivity contribution < 1.29 is 0 Å². The maximum Gasteiger partial charge on any atom is 0.0480 e. The van der Waals surface area contributed by atoms with E-state index in [0.29, 0.717) is 6.54 Å². The van der Waals surface area contributed by atoms with Gasteiger partial charge in [-0.1, -0.05) is 37.5 Å². The van der Waals surface area contributed by atoms with Crippen molar-refractivity contribution in [2.45, 2.75) is 0 Å². The van der Waals surface area contributed by atoms with Gasteiger partial charge < -0.3 is 5.32 Å². The molecule has 1 N–H and O–H groups in total. The third-order valence-corrected chi connectivity index (χ3v) is 3.00. The molecule has 0 saturated heterocycles. The molecule has 0 aliphatic heterocycles. The maximum absolute atomic E-state index is 3.74. The molecule has 0 bridgehead atoms. The molecule has 21 heavy (non-hydrogen) atoms. The Hall–Kier alpha value is -2.94. The molecule has 1 heteroatoms. The summed E-state index contributed by atoms with van der Waals surface area (Å²) in [5.41, 5.74) is 13.4. The Morgan fingerprint density at radius 3 is 2.48 bits per heavy atom. The molecule has 2 aliphatic rings. The van der Waals surface area contributed by atoms with Crippen LogP contribution in [-0.2, 0) is 0 Å². The van der Waals surface area contributed by atoms with E-state index in [-0.39, 0.29) is 0 Å². The van der Waals surface area contributed by atoms with Gasteiger partial charge >= 0.3 is 0 Å². The van der Waals surface area contributed by atoms with Crippen molar-refractivity contribution in [2.75, 3.05) is 6.54 Å². The van der Waals surface area contributed by atoms with E-state index >= 15 is 0 Å². The summed E-state index contributed by atoms with van der Waals surface area (Å²) in [6, 6.07) is 0. The van der Waals surface area contributed by atoms with Crippen molar-refractivity contribution in [2.24, 2.45) is 0 Å². The van der Waals surface area contributed by atoms with Gasteiger partial charge in [-0.05, 0) is 42.2 Å². The number of allylic oxidation sites excluding steroid dienone is 9. The van der Waals surface area contributed by atoms with Gasteiger partial charge in [0.25, 0.3) is 0 Å². The molecular formula is C20H17N. The molecule has 2 rings (SSSR count). The highest BCUT2D eigenvalue weighted by Crippen LogP contribution is 2.15. The van der Waals surface area contributed by atoms with Gasteiger partial charge in [0.15, 0.2) is 0 Å². The second-order valence-electron chi connectivity index (χ2n) is 4.39. The lowest BCUT2D eigenvalue weighted by molar-refractivity contribution is 0.949. The van der Waals surface area contributed by atoms with Crippen molar-refractivity contribution in [3.63, 3.8) is 0 Å². The van der Waals surface area contributed by atoms with Crippen LogP contribution in [0.1, 0.15) is 0 Å². The molecule has 0 aromatic rings. The minimum absolute atomic E-state index is 0.659. The second-order valence-corrected chi connectivity index (χ2v) is 4.39. The van der Waals surface area contributed by atoms with Gasteiger partial charge in [-0.2, -0.15) is 0 Å². The van der Waals surface area contributed by atoms with Crippen LogP contribution in [0.15, 0.2) is 114 Å². The number of nitrogens with one attached hydrogen (secondary N) is 1. The summed E-state index contributed by atoms with van der Waals surface area (Å²) in [4.78, 5) is 0. The fourth-order valence-electron chi connectivity index (χ4n) is 1.95. The minimum atomic E-state index is 0.659. The quantitative estimate of drug-likeness (QED) is 0.540. The van der Waals surface area contributed by atoms with Crippen LogP contribution in [0.4, 0.5) is 0 Å². The first kappa shape index (κ1) is 14.5. The van der Waals surface area contributed by atoms with Gasteiger partial charge in [-0.25, -0.2) is 0 Å². The van der Waals surface area contributed by atoms with E-state index in [4.69, 9.17) is 0 Å². The van der Waals surface area contributed by atoms with Gasteiger partial charge in [0.2, 0.25) is 0 Å². The summed E-state index contributed by atoms with van der Waals surface area (Å²) >= 11 is 0. The standard InChI is InChI=1S/C20H17N/c1-3-9-18(20-12-7-8-13-20)14-15-21-16-17(4-2)19-10-5-6-11-19/h3,5-10,12,14-15,21H,1-2,16H2/b15-14-,18-9+. The first-order chi connectivity index (χ1) is 10.3. The molecule has 0 aromatic heterocycles. The predicted octanol–water partition coefficient (Wildman–Crippen LogP) is 4.22. The zero-order valence-electron chi connectivity index (χ0n) is 11.9. The van der Waals surface area contributed by atoms with Crippen molar-refractivity contribution in [1.82, 2.24) is 5.32 Å². The summed E-state index contributed by atoms with van der Waals surface area (Å²) in [6.45, 7) is 8.13. The molecule has 0 atom stereocenters.